The highest BCUT2D eigenvalue weighted by molar-refractivity contribution is 6.18. The van der Waals surface area contributed by atoms with Crippen LogP contribution in [-0.4, -0.2) is 29.5 Å². The fraction of sp³-hybridized carbons (Fsp3) is 0.947. The van der Waals surface area contributed by atoms with E-state index in [1.807, 2.05) is 0 Å². The maximum Gasteiger partial charge on any atom is 0.306 e. The van der Waals surface area contributed by atoms with Gasteiger partial charge in [0.1, 0.15) is 6.08 Å². The van der Waals surface area contributed by atoms with E-state index in [4.69, 9.17) is 18.5 Å². The highest BCUT2D eigenvalue weighted by Gasteiger charge is 2.11. The Morgan fingerprint density at radius 3 is 1.83 bits per heavy atom. The smallest absolute Gasteiger partial charge is 0.306 e. The summed E-state index contributed by atoms with van der Waals surface area (Å²) in [6.45, 7) is -1.20. The second-order valence-electron chi connectivity index (χ2n) is 6.00. The van der Waals surface area contributed by atoms with Gasteiger partial charge in [0, 0.05) is 9.16 Å². The normalized spacial score (nSPS) is 18.1. The topological polar surface area (TPSA) is 46.5 Å². The highest BCUT2D eigenvalue weighted by atomic mass is 35.5. The molecule has 23 heavy (non-hydrogen) atoms. The zero-order chi connectivity index (χ0) is 21.7. The van der Waals surface area contributed by atoms with Crippen molar-refractivity contribution in [3.63, 3.8) is 0 Å². The van der Waals surface area contributed by atoms with Gasteiger partial charge in [-0.3, -0.25) is 4.79 Å². The van der Waals surface area contributed by atoms with Gasteiger partial charge in [-0.05, 0) is 6.42 Å². The highest BCUT2D eigenvalue weighted by Crippen LogP contribution is 2.13. The standard InChI is InChI=1S/C19H37ClO3/c1-2-3-4-5-6-7-8-9-10-11-12-13-14-15-19(22)23-18(16-20)17-21/h18,21H,2-17H2,1H3/i16D2,17D2,18D. The Bertz CT molecular complexity index is 411. The number of hydrogen-bond acceptors (Lipinski definition) is 3. The number of carbonyl (C=O) groups is 1. The quantitative estimate of drug-likeness (QED) is 0.210. The summed E-state index contributed by atoms with van der Waals surface area (Å²) in [4.78, 5) is 11.8. The third-order valence-electron chi connectivity index (χ3n) is 3.89. The summed E-state index contributed by atoms with van der Waals surface area (Å²) >= 11 is 5.32. The summed E-state index contributed by atoms with van der Waals surface area (Å²) in [6.07, 6.45) is 11.7. The van der Waals surface area contributed by atoms with Crippen LogP contribution in [0, 0.1) is 0 Å². The number of alkyl halides is 1. The second-order valence-corrected chi connectivity index (χ2v) is 6.19. The van der Waals surface area contributed by atoms with Gasteiger partial charge in [-0.25, -0.2) is 0 Å². The summed E-state index contributed by atoms with van der Waals surface area (Å²) < 4.78 is 41.1. The first-order valence-electron chi connectivity index (χ1n) is 11.6. The van der Waals surface area contributed by atoms with E-state index >= 15 is 0 Å². The van der Waals surface area contributed by atoms with Crippen molar-refractivity contribution in [2.75, 3.05) is 12.4 Å². The average molecular weight is 354 g/mol. The maximum absolute atomic E-state index is 11.8. The Morgan fingerprint density at radius 2 is 1.43 bits per heavy atom. The molecule has 0 fully saturated rings. The number of ether oxygens (including phenoxy) is 1. The number of rotatable bonds is 17. The number of hydrogen-bond donors (Lipinski definition) is 1. The number of aliphatic hydroxyl groups is 1. The predicted molar refractivity (Wildman–Crippen MR) is 98.0 cm³/mol. The van der Waals surface area contributed by atoms with Crippen LogP contribution in [0.4, 0.5) is 0 Å². The Labute approximate surface area is 155 Å². The number of carbonyl (C=O) groups excluding carboxylic acids is 1. The molecule has 0 radical (unpaired) electrons. The van der Waals surface area contributed by atoms with Gasteiger partial charge in [-0.2, -0.15) is 0 Å². The lowest BCUT2D eigenvalue weighted by Crippen LogP contribution is -2.23. The number of esters is 1. The molecule has 0 spiro atoms. The van der Waals surface area contributed by atoms with Crippen molar-refractivity contribution in [2.24, 2.45) is 0 Å². The van der Waals surface area contributed by atoms with Crippen molar-refractivity contribution in [3.8, 4) is 0 Å². The minimum Gasteiger partial charge on any atom is -0.459 e. The van der Waals surface area contributed by atoms with Crippen LogP contribution in [0.25, 0.3) is 0 Å². The van der Waals surface area contributed by atoms with Gasteiger partial charge in [0.2, 0.25) is 0 Å². The first kappa shape index (κ1) is 15.0. The van der Waals surface area contributed by atoms with Gasteiger partial charge in [0.15, 0.2) is 0 Å². The molecule has 3 nitrogen and oxygen atoms in total. The Hall–Kier alpha value is -0.280. The van der Waals surface area contributed by atoms with E-state index in [1.54, 1.807) is 0 Å². The van der Waals surface area contributed by atoms with Crippen LogP contribution in [0.2, 0.25) is 0 Å². The van der Waals surface area contributed by atoms with Crippen molar-refractivity contribution in [3.05, 3.63) is 0 Å². The zero-order valence-corrected chi connectivity index (χ0v) is 15.3. The van der Waals surface area contributed by atoms with E-state index < -0.39 is 24.4 Å². The third-order valence-corrected chi connectivity index (χ3v) is 4.06. The molecule has 0 saturated heterocycles. The third kappa shape index (κ3) is 16.4. The summed E-state index contributed by atoms with van der Waals surface area (Å²) in [5, 5.41) is 9.35. The minimum atomic E-state index is -3.43. The summed E-state index contributed by atoms with van der Waals surface area (Å²) in [7, 11) is 0. The predicted octanol–water partition coefficient (Wildman–Crippen LogP) is 5.61. The first-order valence-corrected chi connectivity index (χ1v) is 9.46. The molecular formula is C19H37ClO3. The van der Waals surface area contributed by atoms with E-state index in [1.165, 1.54) is 57.8 Å². The molecular weight excluding hydrogens is 312 g/mol. The molecule has 0 aromatic heterocycles. The first-order chi connectivity index (χ1) is 13.0. The molecule has 1 unspecified atom stereocenters. The van der Waals surface area contributed by atoms with Gasteiger partial charge in [-0.1, -0.05) is 84.0 Å². The molecule has 0 aliphatic rings. The van der Waals surface area contributed by atoms with Crippen LogP contribution in [0.5, 0.6) is 0 Å². The Kier molecular flexibility index (Phi) is 11.8. The molecule has 1 N–H and O–H groups in total. The molecule has 0 bridgehead atoms. The van der Waals surface area contributed by atoms with Crippen molar-refractivity contribution >= 4 is 17.6 Å². The average Bonchev–Trinajstić information content (AvgIpc) is 2.57. The molecule has 1 atom stereocenters. The second kappa shape index (κ2) is 18.1. The van der Waals surface area contributed by atoms with Crippen LogP contribution < -0.4 is 0 Å². The van der Waals surface area contributed by atoms with Crippen LogP contribution in [0.1, 0.15) is 104 Å². The van der Waals surface area contributed by atoms with Gasteiger partial charge in [0.05, 0.1) is 16.5 Å². The number of unbranched alkanes of at least 4 members (excludes halogenated alkanes) is 12. The van der Waals surface area contributed by atoms with E-state index in [0.29, 0.717) is 6.42 Å². The molecule has 0 saturated carbocycles. The van der Waals surface area contributed by atoms with Crippen molar-refractivity contribution in [2.45, 2.75) is 103 Å². The summed E-state index contributed by atoms with van der Waals surface area (Å²) in [5.74, 6) is -4.02. The molecule has 0 aliphatic carbocycles. The van der Waals surface area contributed by atoms with E-state index in [0.717, 1.165) is 19.3 Å². The van der Waals surface area contributed by atoms with Crippen LogP contribution in [-0.2, 0) is 9.53 Å². The van der Waals surface area contributed by atoms with Crippen LogP contribution >= 0.6 is 11.6 Å². The van der Waals surface area contributed by atoms with Crippen molar-refractivity contribution in [1.82, 2.24) is 0 Å². The number of halogens is 1. The molecule has 0 aromatic rings. The molecule has 0 aromatic carbocycles. The molecule has 0 aliphatic heterocycles. The lowest BCUT2D eigenvalue weighted by molar-refractivity contribution is -0.149. The fourth-order valence-electron chi connectivity index (χ4n) is 2.52. The molecule has 4 heteroatoms. The van der Waals surface area contributed by atoms with Crippen molar-refractivity contribution in [1.29, 1.82) is 0 Å². The Morgan fingerprint density at radius 1 is 1.00 bits per heavy atom. The largest absolute Gasteiger partial charge is 0.459 e. The zero-order valence-electron chi connectivity index (χ0n) is 19.5. The minimum absolute atomic E-state index is 0.0680. The lowest BCUT2D eigenvalue weighted by atomic mass is 10.0. The summed E-state index contributed by atoms with van der Waals surface area (Å²) in [6, 6.07) is 0. The molecule has 0 rings (SSSR count). The van der Waals surface area contributed by atoms with E-state index in [9.17, 15) is 9.90 Å². The van der Waals surface area contributed by atoms with Gasteiger partial charge < -0.3 is 9.84 Å². The van der Waals surface area contributed by atoms with Crippen LogP contribution in [0.3, 0.4) is 0 Å². The monoisotopic (exact) mass is 353 g/mol. The van der Waals surface area contributed by atoms with Gasteiger partial charge in [-0.15, -0.1) is 11.6 Å². The van der Waals surface area contributed by atoms with E-state index in [2.05, 4.69) is 11.7 Å². The molecule has 0 amide bonds. The fourth-order valence-corrected chi connectivity index (χ4v) is 2.60. The SMILES string of the molecule is [2H]C([2H])(O)C([2H])(OC(=O)CCCCCCCCCCCCCCC)C([2H])([2H])Cl. The summed E-state index contributed by atoms with van der Waals surface area (Å²) in [5.41, 5.74) is 0. The molecule has 138 valence electrons. The van der Waals surface area contributed by atoms with E-state index in [-0.39, 0.29) is 6.42 Å². The van der Waals surface area contributed by atoms with Gasteiger partial charge in [0.25, 0.3) is 0 Å². The Balaban J connectivity index is 3.80. The molecule has 0 heterocycles. The van der Waals surface area contributed by atoms with Gasteiger partial charge >= 0.3 is 5.97 Å². The lowest BCUT2D eigenvalue weighted by Gasteiger charge is -2.12. The maximum atomic E-state index is 11.8. The van der Waals surface area contributed by atoms with Crippen molar-refractivity contribution < 1.29 is 21.5 Å². The van der Waals surface area contributed by atoms with Crippen LogP contribution in [0.15, 0.2) is 0 Å².